The summed E-state index contributed by atoms with van der Waals surface area (Å²) in [5.74, 6) is 0.834. The molecule has 0 fully saturated rings. The highest BCUT2D eigenvalue weighted by Gasteiger charge is 2.16. The molecule has 0 radical (unpaired) electrons. The number of anilines is 2. The van der Waals surface area contributed by atoms with Gasteiger partial charge in [0.2, 0.25) is 0 Å². The van der Waals surface area contributed by atoms with Crippen molar-refractivity contribution in [2.45, 2.75) is 25.7 Å². The minimum absolute atomic E-state index is 0.0347. The van der Waals surface area contributed by atoms with Crippen LogP contribution in [-0.4, -0.2) is 30.9 Å². The van der Waals surface area contributed by atoms with E-state index in [1.165, 1.54) is 24.3 Å². The van der Waals surface area contributed by atoms with Gasteiger partial charge in [-0.25, -0.2) is 18.4 Å². The summed E-state index contributed by atoms with van der Waals surface area (Å²) in [7, 11) is -3.84. The van der Waals surface area contributed by atoms with Crippen LogP contribution in [0.3, 0.4) is 0 Å². The van der Waals surface area contributed by atoms with E-state index in [0.29, 0.717) is 28.0 Å². The van der Waals surface area contributed by atoms with Crippen molar-refractivity contribution in [3.8, 4) is 5.75 Å². The first-order valence-electron chi connectivity index (χ1n) is 9.26. The van der Waals surface area contributed by atoms with Crippen LogP contribution in [0.4, 0.5) is 11.5 Å². The second-order valence-electron chi connectivity index (χ2n) is 6.82. The van der Waals surface area contributed by atoms with Gasteiger partial charge in [0.1, 0.15) is 17.4 Å². The van der Waals surface area contributed by atoms with Crippen molar-refractivity contribution < 1.29 is 17.9 Å². The third kappa shape index (κ3) is 6.16. The van der Waals surface area contributed by atoms with Gasteiger partial charge in [-0.15, -0.1) is 0 Å². The van der Waals surface area contributed by atoms with Crippen LogP contribution >= 0.6 is 11.6 Å². The van der Waals surface area contributed by atoms with Gasteiger partial charge in [-0.2, -0.15) is 0 Å². The van der Waals surface area contributed by atoms with E-state index in [4.69, 9.17) is 16.3 Å². The minimum atomic E-state index is -3.84. The SMILES string of the molecule is Cc1cc(NS(=O)(=O)c2ccc(NC(=O)COc3ccc(Cl)cc3C)cc2)nc(C)n1. The second-order valence-corrected chi connectivity index (χ2v) is 8.94. The van der Waals surface area contributed by atoms with E-state index in [-0.39, 0.29) is 23.2 Å². The Hall–Kier alpha value is -3.17. The molecule has 10 heteroatoms. The normalized spacial score (nSPS) is 11.1. The van der Waals surface area contributed by atoms with Crippen LogP contribution < -0.4 is 14.8 Å². The van der Waals surface area contributed by atoms with Crippen molar-refractivity contribution in [2.24, 2.45) is 0 Å². The van der Waals surface area contributed by atoms with E-state index in [0.717, 1.165) is 5.56 Å². The fourth-order valence-corrected chi connectivity index (χ4v) is 4.02. The second kappa shape index (κ2) is 9.32. The molecule has 0 spiro atoms. The van der Waals surface area contributed by atoms with Crippen molar-refractivity contribution in [3.63, 3.8) is 0 Å². The molecule has 162 valence electrons. The first kappa shape index (κ1) is 22.5. The minimum Gasteiger partial charge on any atom is -0.483 e. The molecular formula is C21H21ClN4O4S. The first-order chi connectivity index (χ1) is 14.6. The van der Waals surface area contributed by atoms with E-state index in [9.17, 15) is 13.2 Å². The van der Waals surface area contributed by atoms with Crippen LogP contribution in [0, 0.1) is 20.8 Å². The lowest BCUT2D eigenvalue weighted by Gasteiger charge is -2.11. The molecule has 1 heterocycles. The highest BCUT2D eigenvalue weighted by molar-refractivity contribution is 7.92. The number of sulfonamides is 1. The topological polar surface area (TPSA) is 110 Å². The molecule has 1 amide bonds. The van der Waals surface area contributed by atoms with Crippen LogP contribution in [0.5, 0.6) is 5.75 Å². The number of ether oxygens (including phenoxy) is 1. The Labute approximate surface area is 185 Å². The van der Waals surface area contributed by atoms with Crippen LogP contribution in [0.1, 0.15) is 17.1 Å². The fraction of sp³-hybridized carbons (Fsp3) is 0.190. The summed E-state index contributed by atoms with van der Waals surface area (Å²) in [4.78, 5) is 20.4. The number of benzene rings is 2. The van der Waals surface area contributed by atoms with Gasteiger partial charge in [0.05, 0.1) is 4.90 Å². The van der Waals surface area contributed by atoms with Gasteiger partial charge in [0.15, 0.2) is 6.61 Å². The number of carbonyl (C=O) groups excluding carboxylic acids is 1. The Morgan fingerprint density at radius 3 is 2.39 bits per heavy atom. The number of nitrogens with zero attached hydrogens (tertiary/aromatic N) is 2. The molecular weight excluding hydrogens is 440 g/mol. The lowest BCUT2D eigenvalue weighted by atomic mass is 10.2. The van der Waals surface area contributed by atoms with Crippen LogP contribution in [0.2, 0.25) is 5.02 Å². The average Bonchev–Trinajstić information content (AvgIpc) is 2.66. The molecule has 3 aromatic rings. The molecule has 0 atom stereocenters. The Balaban J connectivity index is 1.61. The highest BCUT2D eigenvalue weighted by atomic mass is 35.5. The zero-order chi connectivity index (χ0) is 22.6. The predicted octanol–water partition coefficient (Wildman–Crippen LogP) is 3.87. The van der Waals surface area contributed by atoms with Crippen molar-refractivity contribution >= 4 is 39.0 Å². The van der Waals surface area contributed by atoms with Crippen molar-refractivity contribution in [3.05, 3.63) is 70.6 Å². The number of aryl methyl sites for hydroxylation is 3. The number of rotatable bonds is 7. The molecule has 0 aliphatic rings. The highest BCUT2D eigenvalue weighted by Crippen LogP contribution is 2.22. The maximum Gasteiger partial charge on any atom is 0.263 e. The Morgan fingerprint density at radius 1 is 1.03 bits per heavy atom. The summed E-state index contributed by atoms with van der Waals surface area (Å²) in [6, 6.07) is 12.4. The molecule has 8 nitrogen and oxygen atoms in total. The van der Waals surface area contributed by atoms with Gasteiger partial charge in [-0.3, -0.25) is 9.52 Å². The van der Waals surface area contributed by atoms with Crippen molar-refractivity contribution in [1.29, 1.82) is 0 Å². The van der Waals surface area contributed by atoms with Gasteiger partial charge < -0.3 is 10.1 Å². The van der Waals surface area contributed by atoms with Crippen molar-refractivity contribution in [2.75, 3.05) is 16.6 Å². The molecule has 2 N–H and O–H groups in total. The molecule has 2 aromatic carbocycles. The summed E-state index contributed by atoms with van der Waals surface area (Å²) >= 11 is 5.90. The predicted molar refractivity (Wildman–Crippen MR) is 119 cm³/mol. The standard InChI is InChI=1S/C21H21ClN4O4S/c1-13-10-16(22)4-9-19(13)30-12-21(27)25-17-5-7-18(8-6-17)31(28,29)26-20-11-14(2)23-15(3)24-20/h4-11H,12H2,1-3H3,(H,25,27)(H,23,24,26). The number of amides is 1. The van der Waals surface area contributed by atoms with E-state index in [1.54, 1.807) is 38.1 Å². The number of nitrogens with one attached hydrogen (secondary N) is 2. The first-order valence-corrected chi connectivity index (χ1v) is 11.1. The molecule has 0 unspecified atom stereocenters. The van der Waals surface area contributed by atoms with E-state index < -0.39 is 10.0 Å². The summed E-state index contributed by atoms with van der Waals surface area (Å²) in [6.45, 7) is 5.06. The molecule has 0 aliphatic heterocycles. The molecule has 0 saturated carbocycles. The quantitative estimate of drug-likeness (QED) is 0.553. The number of halogens is 1. The molecule has 31 heavy (non-hydrogen) atoms. The summed E-state index contributed by atoms with van der Waals surface area (Å²) in [5, 5.41) is 3.25. The third-order valence-electron chi connectivity index (χ3n) is 4.15. The van der Waals surface area contributed by atoms with Crippen molar-refractivity contribution in [1.82, 2.24) is 9.97 Å². The molecule has 0 bridgehead atoms. The Bertz CT molecular complexity index is 1190. The molecule has 1 aromatic heterocycles. The Morgan fingerprint density at radius 2 is 1.74 bits per heavy atom. The summed E-state index contributed by atoms with van der Waals surface area (Å²) in [5.41, 5.74) is 1.91. The summed E-state index contributed by atoms with van der Waals surface area (Å²) in [6.07, 6.45) is 0. The monoisotopic (exact) mass is 460 g/mol. The van der Waals surface area contributed by atoms with Gasteiger partial charge in [0.25, 0.3) is 15.9 Å². The van der Waals surface area contributed by atoms with Gasteiger partial charge in [-0.1, -0.05) is 11.6 Å². The van der Waals surface area contributed by atoms with Gasteiger partial charge in [-0.05, 0) is 68.8 Å². The molecule has 0 saturated heterocycles. The zero-order valence-electron chi connectivity index (χ0n) is 17.1. The van der Waals surface area contributed by atoms with Gasteiger partial charge >= 0.3 is 0 Å². The lowest BCUT2D eigenvalue weighted by Crippen LogP contribution is -2.20. The lowest BCUT2D eigenvalue weighted by molar-refractivity contribution is -0.118. The van der Waals surface area contributed by atoms with E-state index in [2.05, 4.69) is 20.0 Å². The fourth-order valence-electron chi connectivity index (χ4n) is 2.80. The van der Waals surface area contributed by atoms with Crippen LogP contribution in [0.15, 0.2) is 53.4 Å². The smallest absolute Gasteiger partial charge is 0.263 e. The maximum atomic E-state index is 12.6. The van der Waals surface area contributed by atoms with E-state index >= 15 is 0 Å². The maximum absolute atomic E-state index is 12.6. The average molecular weight is 461 g/mol. The van der Waals surface area contributed by atoms with Gasteiger partial charge in [0, 0.05) is 22.5 Å². The molecule has 3 rings (SSSR count). The number of aromatic nitrogens is 2. The molecule has 0 aliphatic carbocycles. The number of hydrogen-bond donors (Lipinski definition) is 2. The van der Waals surface area contributed by atoms with Crippen LogP contribution in [0.25, 0.3) is 0 Å². The largest absolute Gasteiger partial charge is 0.483 e. The Kier molecular flexibility index (Phi) is 6.77. The summed E-state index contributed by atoms with van der Waals surface area (Å²) < 4.78 is 33.1. The third-order valence-corrected chi connectivity index (χ3v) is 5.75. The zero-order valence-corrected chi connectivity index (χ0v) is 18.7. The number of carbonyl (C=O) groups is 1. The number of hydrogen-bond acceptors (Lipinski definition) is 6. The van der Waals surface area contributed by atoms with E-state index in [1.807, 2.05) is 6.92 Å². The van der Waals surface area contributed by atoms with Crippen LogP contribution in [-0.2, 0) is 14.8 Å².